The topological polar surface area (TPSA) is 50.4 Å². The molecule has 0 aromatic heterocycles. The second kappa shape index (κ2) is 11.2. The number of hydrogen-bond donors (Lipinski definition) is 2. The van der Waals surface area contributed by atoms with E-state index in [-0.39, 0.29) is 30.5 Å². The molecule has 0 saturated heterocycles. The molecule has 0 atom stereocenters. The molecule has 0 aliphatic carbocycles. The molecule has 2 rings (SSSR count). The van der Waals surface area contributed by atoms with Crippen molar-refractivity contribution in [1.82, 2.24) is 10.6 Å². The molecule has 0 spiro atoms. The molecule has 4 nitrogen and oxygen atoms in total. The normalized spacial score (nSPS) is 11.1. The molecule has 2 aromatic carbocycles. The summed E-state index contributed by atoms with van der Waals surface area (Å²) in [6.07, 6.45) is 3.62. The monoisotopic (exact) mass is 392 g/mol. The van der Waals surface area contributed by atoms with Gasteiger partial charge in [0.15, 0.2) is 6.61 Å². The van der Waals surface area contributed by atoms with E-state index < -0.39 is 0 Å². The van der Waals surface area contributed by atoms with E-state index in [9.17, 15) is 4.79 Å². The number of unbranched alkanes of at least 4 members (excludes halogenated alkanes) is 2. The Labute approximate surface area is 169 Å². The predicted molar refractivity (Wildman–Crippen MR) is 116 cm³/mol. The summed E-state index contributed by atoms with van der Waals surface area (Å²) in [6, 6.07) is 12.3. The highest BCUT2D eigenvalue weighted by Gasteiger charge is 2.15. The molecule has 2 aromatic rings. The molecule has 150 valence electrons. The Balaban J connectivity index is 0.00000364. The number of amides is 1. The minimum Gasteiger partial charge on any atom is -0.483 e. The van der Waals surface area contributed by atoms with Crippen molar-refractivity contribution in [3.63, 3.8) is 0 Å². The van der Waals surface area contributed by atoms with E-state index in [2.05, 4.69) is 29.7 Å². The molecule has 0 unspecified atom stereocenters. The average molecular weight is 393 g/mol. The Hall–Kier alpha value is -1.78. The smallest absolute Gasteiger partial charge is 0.258 e. The van der Waals surface area contributed by atoms with Gasteiger partial charge in [-0.15, -0.1) is 12.4 Å². The van der Waals surface area contributed by atoms with Gasteiger partial charge in [-0.05, 0) is 50.6 Å². The lowest BCUT2D eigenvalue weighted by atomic mass is 10.0. The van der Waals surface area contributed by atoms with Crippen molar-refractivity contribution in [2.75, 3.05) is 13.2 Å². The van der Waals surface area contributed by atoms with E-state index in [0.29, 0.717) is 0 Å². The Bertz CT molecular complexity index is 726. The number of hydrogen-bond acceptors (Lipinski definition) is 3. The van der Waals surface area contributed by atoms with Gasteiger partial charge in [0.25, 0.3) is 5.91 Å². The third-order valence-electron chi connectivity index (χ3n) is 4.13. The van der Waals surface area contributed by atoms with Crippen LogP contribution >= 0.6 is 12.4 Å². The molecular weight excluding hydrogens is 360 g/mol. The first-order chi connectivity index (χ1) is 12.4. The highest BCUT2D eigenvalue weighted by Crippen LogP contribution is 2.28. The molecule has 5 heteroatoms. The Morgan fingerprint density at radius 2 is 1.81 bits per heavy atom. The zero-order valence-corrected chi connectivity index (χ0v) is 17.7. The lowest BCUT2D eigenvalue weighted by Gasteiger charge is -2.21. The zero-order chi connectivity index (χ0) is 19.0. The van der Waals surface area contributed by atoms with Crippen LogP contribution in [-0.2, 0) is 11.3 Å². The summed E-state index contributed by atoms with van der Waals surface area (Å²) < 4.78 is 5.88. The van der Waals surface area contributed by atoms with Crippen LogP contribution in [0.3, 0.4) is 0 Å². The maximum Gasteiger partial charge on any atom is 0.258 e. The van der Waals surface area contributed by atoms with Crippen LogP contribution in [0.4, 0.5) is 0 Å². The molecular formula is C22H33ClN2O2. The number of carbonyl (C=O) groups is 1. The van der Waals surface area contributed by atoms with Crippen LogP contribution in [0.1, 0.15) is 52.5 Å². The van der Waals surface area contributed by atoms with Crippen LogP contribution in [0.2, 0.25) is 0 Å². The lowest BCUT2D eigenvalue weighted by molar-refractivity contribution is -0.124. The van der Waals surface area contributed by atoms with E-state index in [1.165, 1.54) is 30.0 Å². The molecule has 0 aliphatic heterocycles. The molecule has 0 fully saturated rings. The fourth-order valence-electron chi connectivity index (χ4n) is 2.94. The van der Waals surface area contributed by atoms with Crippen LogP contribution in [0.25, 0.3) is 10.8 Å². The summed E-state index contributed by atoms with van der Waals surface area (Å²) in [6.45, 7) is 9.85. The number of nitrogens with one attached hydrogen (secondary N) is 2. The number of rotatable bonds is 9. The first-order valence-corrected chi connectivity index (χ1v) is 9.56. The van der Waals surface area contributed by atoms with Gasteiger partial charge in [-0.2, -0.15) is 0 Å². The van der Waals surface area contributed by atoms with Gasteiger partial charge in [0, 0.05) is 17.6 Å². The SMILES string of the molecule is CCCCCNCc1c(OCC(=O)NC(C)(C)C)ccc2ccccc12.Cl. The van der Waals surface area contributed by atoms with Crippen molar-refractivity contribution in [3.8, 4) is 5.75 Å². The van der Waals surface area contributed by atoms with Crippen LogP contribution in [-0.4, -0.2) is 24.6 Å². The molecule has 0 heterocycles. The van der Waals surface area contributed by atoms with Crippen LogP contribution in [0, 0.1) is 0 Å². The summed E-state index contributed by atoms with van der Waals surface area (Å²) in [7, 11) is 0. The van der Waals surface area contributed by atoms with Gasteiger partial charge in [0.2, 0.25) is 0 Å². The van der Waals surface area contributed by atoms with Crippen molar-refractivity contribution in [3.05, 3.63) is 42.0 Å². The Morgan fingerprint density at radius 3 is 2.52 bits per heavy atom. The van der Waals surface area contributed by atoms with E-state index in [0.717, 1.165) is 24.4 Å². The highest BCUT2D eigenvalue weighted by atomic mass is 35.5. The lowest BCUT2D eigenvalue weighted by Crippen LogP contribution is -2.43. The van der Waals surface area contributed by atoms with Crippen molar-refractivity contribution in [2.24, 2.45) is 0 Å². The number of ether oxygens (including phenoxy) is 1. The minimum absolute atomic E-state index is 0. The molecule has 0 saturated carbocycles. The highest BCUT2D eigenvalue weighted by molar-refractivity contribution is 5.88. The summed E-state index contributed by atoms with van der Waals surface area (Å²) in [5.74, 6) is 0.670. The van der Waals surface area contributed by atoms with Crippen molar-refractivity contribution < 1.29 is 9.53 Å². The maximum absolute atomic E-state index is 12.1. The standard InChI is InChI=1S/C22H32N2O2.ClH/c1-5-6-9-14-23-15-19-18-11-8-7-10-17(18)12-13-20(19)26-16-21(25)24-22(2,3)4;/h7-8,10-13,23H,5-6,9,14-16H2,1-4H3,(H,24,25);1H. The Kier molecular flexibility index (Phi) is 9.61. The van der Waals surface area contributed by atoms with Gasteiger partial charge >= 0.3 is 0 Å². The third-order valence-corrected chi connectivity index (χ3v) is 4.13. The first-order valence-electron chi connectivity index (χ1n) is 9.56. The van der Waals surface area contributed by atoms with Crippen LogP contribution in [0.15, 0.2) is 36.4 Å². The van der Waals surface area contributed by atoms with Gasteiger partial charge in [-0.3, -0.25) is 4.79 Å². The first kappa shape index (κ1) is 23.3. The largest absolute Gasteiger partial charge is 0.483 e. The van der Waals surface area contributed by atoms with Crippen LogP contribution < -0.4 is 15.4 Å². The fraction of sp³-hybridized carbons (Fsp3) is 0.500. The second-order valence-corrected chi connectivity index (χ2v) is 7.73. The molecule has 2 N–H and O–H groups in total. The summed E-state index contributed by atoms with van der Waals surface area (Å²) in [5.41, 5.74) is 0.858. The summed E-state index contributed by atoms with van der Waals surface area (Å²) in [4.78, 5) is 12.1. The van der Waals surface area contributed by atoms with Gasteiger partial charge in [0.1, 0.15) is 5.75 Å². The molecule has 0 bridgehead atoms. The van der Waals surface area contributed by atoms with E-state index >= 15 is 0 Å². The second-order valence-electron chi connectivity index (χ2n) is 7.73. The molecule has 1 amide bonds. The quantitative estimate of drug-likeness (QED) is 0.600. The van der Waals surface area contributed by atoms with E-state index in [4.69, 9.17) is 4.74 Å². The van der Waals surface area contributed by atoms with Gasteiger partial charge in [-0.25, -0.2) is 0 Å². The molecule has 0 radical (unpaired) electrons. The summed E-state index contributed by atoms with van der Waals surface area (Å²) in [5, 5.41) is 8.80. The number of benzene rings is 2. The van der Waals surface area contributed by atoms with Crippen LogP contribution in [0.5, 0.6) is 5.75 Å². The predicted octanol–water partition coefficient (Wildman–Crippen LogP) is 4.83. The number of fused-ring (bicyclic) bond motifs is 1. The van der Waals surface area contributed by atoms with Crippen molar-refractivity contribution in [2.45, 2.75) is 59.0 Å². The fourth-order valence-corrected chi connectivity index (χ4v) is 2.94. The molecule has 27 heavy (non-hydrogen) atoms. The average Bonchev–Trinajstić information content (AvgIpc) is 2.59. The Morgan fingerprint density at radius 1 is 1.07 bits per heavy atom. The van der Waals surface area contributed by atoms with Gasteiger partial charge in [-0.1, -0.05) is 50.1 Å². The summed E-state index contributed by atoms with van der Waals surface area (Å²) >= 11 is 0. The van der Waals surface area contributed by atoms with Gasteiger partial charge < -0.3 is 15.4 Å². The van der Waals surface area contributed by atoms with E-state index in [1.807, 2.05) is 45.0 Å². The third kappa shape index (κ3) is 7.77. The maximum atomic E-state index is 12.1. The van der Waals surface area contributed by atoms with E-state index in [1.54, 1.807) is 0 Å². The zero-order valence-electron chi connectivity index (χ0n) is 16.9. The molecule has 0 aliphatic rings. The number of carbonyl (C=O) groups excluding carboxylic acids is 1. The van der Waals surface area contributed by atoms with Gasteiger partial charge in [0.05, 0.1) is 0 Å². The minimum atomic E-state index is -0.256. The van der Waals surface area contributed by atoms with Crippen molar-refractivity contribution >= 4 is 29.1 Å². The van der Waals surface area contributed by atoms with Crippen molar-refractivity contribution in [1.29, 1.82) is 0 Å². The number of halogens is 1.